The van der Waals surface area contributed by atoms with Crippen LogP contribution in [0.5, 0.6) is 5.75 Å². The standard InChI is InChI=1S/C16H17NO9P2/c1-27(21)16(20,9-11-5-4-8-17-10-11)28(22,23)26-14(25-27)12-6-2-3-7-13(12)24-15(18)19/h2-8,10,14,20-21H,1,9H2,(H,18,19)(H,22,23). The van der Waals surface area contributed by atoms with Gasteiger partial charge < -0.3 is 24.7 Å². The van der Waals surface area contributed by atoms with Gasteiger partial charge >= 0.3 is 13.8 Å². The van der Waals surface area contributed by atoms with E-state index in [0.717, 1.165) is 0 Å². The van der Waals surface area contributed by atoms with Gasteiger partial charge in [-0.1, -0.05) is 24.3 Å². The molecule has 10 nitrogen and oxygen atoms in total. The third-order valence-corrected chi connectivity index (χ3v) is 9.11. The summed E-state index contributed by atoms with van der Waals surface area (Å²) in [5, 5.41) is 17.0. The molecular formula is C16H17NO9P2. The first-order valence-electron chi connectivity index (χ1n) is 7.83. The average molecular weight is 429 g/mol. The Balaban J connectivity index is 1.99. The van der Waals surface area contributed by atoms with E-state index in [2.05, 4.69) is 16.0 Å². The van der Waals surface area contributed by atoms with Crippen LogP contribution in [0.3, 0.4) is 0 Å². The van der Waals surface area contributed by atoms with Crippen LogP contribution in [0.2, 0.25) is 0 Å². The molecule has 0 amide bonds. The lowest BCUT2D eigenvalue weighted by atomic mass is 10.2. The topological polar surface area (TPSA) is 156 Å². The summed E-state index contributed by atoms with van der Waals surface area (Å²) in [7, 11) is -9.12. The summed E-state index contributed by atoms with van der Waals surface area (Å²) >= 11 is 0. The molecule has 1 fully saturated rings. The maximum absolute atomic E-state index is 12.9. The molecule has 2 heterocycles. The molecule has 1 saturated heterocycles. The summed E-state index contributed by atoms with van der Waals surface area (Å²) in [6.45, 7) is 0. The molecule has 1 aliphatic heterocycles. The van der Waals surface area contributed by atoms with Crippen molar-refractivity contribution in [1.82, 2.24) is 4.98 Å². The molecule has 0 saturated carbocycles. The minimum atomic E-state index is -4.93. The van der Waals surface area contributed by atoms with Gasteiger partial charge in [-0.25, -0.2) is 4.79 Å². The Hall–Kier alpha value is -2.03. The number of carboxylic acid groups (broad SMARTS) is 1. The summed E-state index contributed by atoms with van der Waals surface area (Å²) in [6.07, 6.45) is 2.46. The molecule has 0 bridgehead atoms. The fraction of sp³-hybridized carbons (Fsp3) is 0.188. The van der Waals surface area contributed by atoms with Gasteiger partial charge in [0.25, 0.3) is 0 Å². The molecule has 12 heteroatoms. The number of nitrogens with zero attached hydrogens (tertiary/aromatic N) is 1. The number of aromatic nitrogens is 1. The van der Waals surface area contributed by atoms with E-state index in [1.54, 1.807) is 6.07 Å². The van der Waals surface area contributed by atoms with Gasteiger partial charge in [-0.05, 0) is 24.0 Å². The first kappa shape index (κ1) is 20.7. The molecule has 0 radical (unpaired) electrons. The van der Waals surface area contributed by atoms with Gasteiger partial charge in [-0.15, -0.1) is 0 Å². The van der Waals surface area contributed by atoms with Gasteiger partial charge in [-0.3, -0.25) is 18.6 Å². The Morgan fingerprint density at radius 1 is 1.25 bits per heavy atom. The molecule has 1 aromatic carbocycles. The van der Waals surface area contributed by atoms with E-state index in [0.29, 0.717) is 5.56 Å². The largest absolute Gasteiger partial charge is 0.511 e. The number of benzene rings is 1. The second kappa shape index (κ2) is 7.42. The normalized spacial score (nSPS) is 32.6. The fourth-order valence-electron chi connectivity index (χ4n) is 2.65. The summed E-state index contributed by atoms with van der Waals surface area (Å²) < 4.78 is 27.9. The van der Waals surface area contributed by atoms with Crippen LogP contribution in [0.25, 0.3) is 0 Å². The van der Waals surface area contributed by atoms with Crippen molar-refractivity contribution >= 4 is 27.4 Å². The highest BCUT2D eigenvalue weighted by Crippen LogP contribution is 2.79. The lowest BCUT2D eigenvalue weighted by Crippen LogP contribution is -2.38. The number of ether oxygens (including phenoxy) is 1. The Labute approximate surface area is 159 Å². The Morgan fingerprint density at radius 3 is 2.57 bits per heavy atom. The molecule has 3 rings (SSSR count). The molecule has 0 spiro atoms. The molecule has 28 heavy (non-hydrogen) atoms. The number of pyridine rings is 1. The van der Waals surface area contributed by atoms with Gasteiger partial charge in [0.2, 0.25) is 11.4 Å². The van der Waals surface area contributed by atoms with E-state index in [4.69, 9.17) is 14.2 Å². The molecule has 1 aromatic heterocycles. The first-order valence-corrected chi connectivity index (χ1v) is 11.2. The van der Waals surface area contributed by atoms with Crippen LogP contribution in [0.4, 0.5) is 4.79 Å². The zero-order valence-electron chi connectivity index (χ0n) is 14.3. The summed E-state index contributed by atoms with van der Waals surface area (Å²) in [5.74, 6) is -0.224. The predicted molar refractivity (Wildman–Crippen MR) is 99.0 cm³/mol. The molecule has 1 aliphatic rings. The van der Waals surface area contributed by atoms with Crippen LogP contribution < -0.4 is 4.74 Å². The molecule has 4 unspecified atom stereocenters. The highest BCUT2D eigenvalue weighted by Gasteiger charge is 2.62. The SMILES string of the molecule is C=P1(O)OC(c2ccccc2OC(=O)O)OP(=O)(O)C1(O)Cc1cccnc1. The summed E-state index contributed by atoms with van der Waals surface area (Å²) in [5.41, 5.74) is 0.284. The van der Waals surface area contributed by atoms with Gasteiger partial charge in [0.05, 0.1) is 5.56 Å². The van der Waals surface area contributed by atoms with Crippen LogP contribution in [-0.2, 0) is 20.0 Å². The van der Waals surface area contributed by atoms with Crippen molar-refractivity contribution in [2.75, 3.05) is 0 Å². The van der Waals surface area contributed by atoms with Crippen LogP contribution >= 0.6 is 14.9 Å². The third kappa shape index (κ3) is 3.76. The minimum absolute atomic E-state index is 0.0651. The van der Waals surface area contributed by atoms with Crippen LogP contribution in [0, 0.1) is 0 Å². The average Bonchev–Trinajstić information content (AvgIpc) is 2.60. The van der Waals surface area contributed by atoms with Crippen LogP contribution in [-0.4, -0.2) is 42.5 Å². The second-order valence-corrected chi connectivity index (χ2v) is 10.7. The quantitative estimate of drug-likeness (QED) is 0.324. The van der Waals surface area contributed by atoms with Crippen molar-refractivity contribution in [2.45, 2.75) is 17.8 Å². The van der Waals surface area contributed by atoms with Crippen LogP contribution in [0.1, 0.15) is 17.4 Å². The van der Waals surface area contributed by atoms with Crippen molar-refractivity contribution in [1.29, 1.82) is 0 Å². The van der Waals surface area contributed by atoms with Gasteiger partial charge in [0.1, 0.15) is 5.75 Å². The Morgan fingerprint density at radius 2 is 1.96 bits per heavy atom. The van der Waals surface area contributed by atoms with Gasteiger partial charge in [-0.2, -0.15) is 0 Å². The number of aliphatic hydroxyl groups is 1. The van der Waals surface area contributed by atoms with E-state index >= 15 is 0 Å². The van der Waals surface area contributed by atoms with Gasteiger partial charge in [0, 0.05) is 18.8 Å². The maximum Gasteiger partial charge on any atom is 0.511 e. The monoisotopic (exact) mass is 429 g/mol. The van der Waals surface area contributed by atoms with Crippen molar-refractivity contribution in [3.63, 3.8) is 0 Å². The first-order chi connectivity index (χ1) is 13.1. The second-order valence-electron chi connectivity index (χ2n) is 5.98. The lowest BCUT2D eigenvalue weighted by Gasteiger charge is -2.45. The maximum atomic E-state index is 12.9. The van der Waals surface area contributed by atoms with Crippen molar-refractivity contribution < 1.29 is 43.1 Å². The molecule has 2 aromatic rings. The summed E-state index contributed by atoms with van der Waals surface area (Å²) in [6, 6.07) is 8.63. The Kier molecular flexibility index (Phi) is 5.49. The van der Waals surface area contributed by atoms with E-state index < -0.39 is 38.9 Å². The smallest absolute Gasteiger partial charge is 0.449 e. The summed E-state index contributed by atoms with van der Waals surface area (Å²) in [4.78, 5) is 35.9. The van der Waals surface area contributed by atoms with E-state index in [-0.39, 0.29) is 11.3 Å². The number of hydrogen-bond acceptors (Lipinski definition) is 8. The molecule has 0 aliphatic carbocycles. The van der Waals surface area contributed by atoms with E-state index in [9.17, 15) is 24.3 Å². The highest BCUT2D eigenvalue weighted by atomic mass is 31.2. The zero-order valence-corrected chi connectivity index (χ0v) is 16.1. The number of carbonyl (C=O) groups is 1. The predicted octanol–water partition coefficient (Wildman–Crippen LogP) is 2.53. The molecular weight excluding hydrogens is 412 g/mol. The number of para-hydroxylation sites is 1. The number of hydrogen-bond donors (Lipinski definition) is 4. The molecule has 4 atom stereocenters. The van der Waals surface area contributed by atoms with Crippen molar-refractivity contribution in [3.05, 3.63) is 59.9 Å². The van der Waals surface area contributed by atoms with Gasteiger partial charge in [0.15, 0.2) is 7.34 Å². The number of rotatable bonds is 4. The third-order valence-electron chi connectivity index (χ3n) is 4.06. The van der Waals surface area contributed by atoms with Crippen molar-refractivity contribution in [3.8, 4) is 5.75 Å². The minimum Gasteiger partial charge on any atom is -0.449 e. The lowest BCUT2D eigenvalue weighted by molar-refractivity contribution is -0.0483. The van der Waals surface area contributed by atoms with E-state index in [1.165, 1.54) is 42.7 Å². The van der Waals surface area contributed by atoms with Crippen LogP contribution in [0.15, 0.2) is 48.8 Å². The molecule has 150 valence electrons. The van der Waals surface area contributed by atoms with E-state index in [1.807, 2.05) is 0 Å². The zero-order chi connectivity index (χ0) is 20.6. The fourth-order valence-corrected chi connectivity index (χ4v) is 6.62. The Bertz CT molecular complexity index is 955. The van der Waals surface area contributed by atoms with Crippen molar-refractivity contribution in [2.24, 2.45) is 0 Å². The highest BCUT2D eigenvalue weighted by molar-refractivity contribution is 7.78. The molecule has 4 N–H and O–H groups in total.